The predicted molar refractivity (Wildman–Crippen MR) is 81.3 cm³/mol. The van der Waals surface area contributed by atoms with Crippen molar-refractivity contribution in [3.8, 4) is 5.75 Å². The normalized spacial score (nSPS) is 11.2. The second-order valence-corrected chi connectivity index (χ2v) is 6.82. The zero-order valence-corrected chi connectivity index (χ0v) is 13.3. The van der Waals surface area contributed by atoms with Crippen molar-refractivity contribution in [1.29, 1.82) is 0 Å². The third-order valence-electron chi connectivity index (χ3n) is 3.02. The maximum Gasteiger partial charge on any atom is 0.271 e. The predicted octanol–water partition coefficient (Wildman–Crippen LogP) is 3.40. The Bertz CT molecular complexity index is 848. The Morgan fingerprint density at radius 2 is 1.82 bits per heavy atom. The fraction of sp³-hybridized carbons (Fsp3) is 0.143. The molecule has 0 aliphatic rings. The number of hydrogen-bond donors (Lipinski definition) is 0. The van der Waals surface area contributed by atoms with Crippen molar-refractivity contribution in [3.63, 3.8) is 0 Å². The van der Waals surface area contributed by atoms with Crippen molar-refractivity contribution in [2.24, 2.45) is 0 Å². The topological polar surface area (TPSA) is 86.5 Å². The molecule has 0 amide bonds. The zero-order valence-electron chi connectivity index (χ0n) is 11.7. The molecule has 0 N–H and O–H groups in total. The van der Waals surface area contributed by atoms with Crippen LogP contribution in [0.5, 0.6) is 5.75 Å². The molecular formula is C14H12ClNO5S. The van der Waals surface area contributed by atoms with E-state index < -0.39 is 14.8 Å². The summed E-state index contributed by atoms with van der Waals surface area (Å²) in [6.45, 7) is 1.75. The Morgan fingerprint density at radius 1 is 1.14 bits per heavy atom. The highest BCUT2D eigenvalue weighted by Crippen LogP contribution is 2.35. The van der Waals surface area contributed by atoms with Gasteiger partial charge in [0.2, 0.25) is 9.84 Å². The lowest BCUT2D eigenvalue weighted by Crippen LogP contribution is -2.06. The lowest BCUT2D eigenvalue weighted by Gasteiger charge is -2.11. The summed E-state index contributed by atoms with van der Waals surface area (Å²) >= 11 is 5.92. The molecule has 0 saturated carbocycles. The van der Waals surface area contributed by atoms with Gasteiger partial charge in [-0.2, -0.15) is 0 Å². The van der Waals surface area contributed by atoms with Crippen molar-refractivity contribution >= 4 is 27.1 Å². The van der Waals surface area contributed by atoms with E-state index >= 15 is 0 Å². The molecule has 22 heavy (non-hydrogen) atoms. The Hall–Kier alpha value is -2.12. The number of methoxy groups -OCH3 is 1. The number of non-ortho nitro benzene ring substituents is 1. The molecule has 0 saturated heterocycles. The van der Waals surface area contributed by atoms with Gasteiger partial charge in [0.05, 0.1) is 22.0 Å². The maximum absolute atomic E-state index is 12.7. The van der Waals surface area contributed by atoms with Gasteiger partial charge in [0.15, 0.2) is 0 Å². The molecule has 8 heteroatoms. The Morgan fingerprint density at radius 3 is 2.36 bits per heavy atom. The van der Waals surface area contributed by atoms with E-state index in [9.17, 15) is 18.5 Å². The van der Waals surface area contributed by atoms with E-state index in [-0.39, 0.29) is 26.3 Å². The average molecular weight is 342 g/mol. The number of aryl methyl sites for hydroxylation is 1. The SMILES string of the molecule is COc1ccc(C)cc1S(=O)(=O)c1ccc([N+](=O)[O-])cc1Cl. The molecular weight excluding hydrogens is 330 g/mol. The molecule has 0 spiro atoms. The number of nitro groups is 1. The number of halogens is 1. The molecule has 2 aromatic carbocycles. The molecule has 0 aliphatic carbocycles. The summed E-state index contributed by atoms with van der Waals surface area (Å²) in [6, 6.07) is 7.96. The van der Waals surface area contributed by atoms with E-state index in [4.69, 9.17) is 16.3 Å². The van der Waals surface area contributed by atoms with Gasteiger partial charge < -0.3 is 4.74 Å². The van der Waals surface area contributed by atoms with Gasteiger partial charge in [0.1, 0.15) is 10.6 Å². The van der Waals surface area contributed by atoms with Crippen LogP contribution >= 0.6 is 11.6 Å². The van der Waals surface area contributed by atoms with Crippen LogP contribution in [0.2, 0.25) is 5.02 Å². The summed E-state index contributed by atoms with van der Waals surface area (Å²) in [5.74, 6) is 0.181. The molecule has 6 nitrogen and oxygen atoms in total. The molecule has 0 heterocycles. The molecule has 2 rings (SSSR count). The standard InChI is InChI=1S/C14H12ClNO5S/c1-9-3-5-12(21-2)14(7-9)22(19,20)13-6-4-10(16(17)18)8-11(13)15/h3-8H,1-2H3. The third-order valence-corrected chi connectivity index (χ3v) is 5.28. The van der Waals surface area contributed by atoms with Gasteiger partial charge in [0.25, 0.3) is 5.69 Å². The number of nitrogens with zero attached hydrogens (tertiary/aromatic N) is 1. The van der Waals surface area contributed by atoms with Crippen LogP contribution < -0.4 is 4.74 Å². The van der Waals surface area contributed by atoms with Crippen molar-refractivity contribution < 1.29 is 18.1 Å². The molecule has 0 radical (unpaired) electrons. The Kier molecular flexibility index (Phi) is 4.39. The minimum Gasteiger partial charge on any atom is -0.495 e. The highest BCUT2D eigenvalue weighted by atomic mass is 35.5. The maximum atomic E-state index is 12.7. The van der Waals surface area contributed by atoms with Crippen LogP contribution in [-0.4, -0.2) is 20.5 Å². The molecule has 2 aromatic rings. The largest absolute Gasteiger partial charge is 0.495 e. The van der Waals surface area contributed by atoms with Crippen molar-refractivity contribution in [1.82, 2.24) is 0 Å². The second-order valence-electron chi connectivity index (χ2n) is 4.53. The van der Waals surface area contributed by atoms with Gasteiger partial charge in [-0.05, 0) is 30.7 Å². The minimum atomic E-state index is -3.96. The number of sulfone groups is 1. The minimum absolute atomic E-state index is 0.0363. The molecule has 0 bridgehead atoms. The van der Waals surface area contributed by atoms with E-state index in [1.165, 1.54) is 13.2 Å². The van der Waals surface area contributed by atoms with Crippen molar-refractivity contribution in [2.45, 2.75) is 16.7 Å². The fourth-order valence-electron chi connectivity index (χ4n) is 1.93. The van der Waals surface area contributed by atoms with Crippen LogP contribution in [0.15, 0.2) is 46.2 Å². The van der Waals surface area contributed by atoms with E-state index in [1.54, 1.807) is 19.1 Å². The molecule has 0 unspecified atom stereocenters. The monoisotopic (exact) mass is 341 g/mol. The number of benzene rings is 2. The highest BCUT2D eigenvalue weighted by Gasteiger charge is 2.26. The van der Waals surface area contributed by atoms with Gasteiger partial charge in [-0.1, -0.05) is 17.7 Å². The van der Waals surface area contributed by atoms with Crippen LogP contribution in [0.4, 0.5) is 5.69 Å². The molecule has 0 atom stereocenters. The van der Waals surface area contributed by atoms with E-state index in [0.29, 0.717) is 0 Å². The van der Waals surface area contributed by atoms with E-state index in [1.807, 2.05) is 0 Å². The number of hydrogen-bond acceptors (Lipinski definition) is 5. The molecule has 0 aromatic heterocycles. The quantitative estimate of drug-likeness (QED) is 0.628. The summed E-state index contributed by atoms with van der Waals surface area (Å²) in [6.07, 6.45) is 0. The lowest BCUT2D eigenvalue weighted by molar-refractivity contribution is -0.384. The highest BCUT2D eigenvalue weighted by molar-refractivity contribution is 7.91. The van der Waals surface area contributed by atoms with Crippen LogP contribution in [0.3, 0.4) is 0 Å². The molecule has 0 fully saturated rings. The number of ether oxygens (including phenoxy) is 1. The first-order valence-electron chi connectivity index (χ1n) is 6.11. The van der Waals surface area contributed by atoms with Crippen LogP contribution in [-0.2, 0) is 9.84 Å². The van der Waals surface area contributed by atoms with Crippen molar-refractivity contribution in [2.75, 3.05) is 7.11 Å². The van der Waals surface area contributed by atoms with Gasteiger partial charge in [-0.15, -0.1) is 0 Å². The van der Waals surface area contributed by atoms with Crippen LogP contribution in [0, 0.1) is 17.0 Å². The summed E-state index contributed by atoms with van der Waals surface area (Å²) < 4.78 is 30.5. The van der Waals surface area contributed by atoms with Gasteiger partial charge in [0, 0.05) is 12.1 Å². The first-order chi connectivity index (χ1) is 10.3. The van der Waals surface area contributed by atoms with E-state index in [0.717, 1.165) is 23.8 Å². The second kappa shape index (κ2) is 5.94. The zero-order chi connectivity index (χ0) is 16.5. The summed E-state index contributed by atoms with van der Waals surface area (Å²) in [7, 11) is -2.59. The van der Waals surface area contributed by atoms with Crippen molar-refractivity contribution in [3.05, 3.63) is 57.1 Å². The average Bonchev–Trinajstić information content (AvgIpc) is 2.46. The Balaban J connectivity index is 2.66. The summed E-state index contributed by atoms with van der Waals surface area (Å²) in [5, 5.41) is 10.5. The lowest BCUT2D eigenvalue weighted by atomic mass is 10.2. The third kappa shape index (κ3) is 2.90. The smallest absolute Gasteiger partial charge is 0.271 e. The Labute approximate surface area is 132 Å². The summed E-state index contributed by atoms with van der Waals surface area (Å²) in [4.78, 5) is 9.82. The fourth-order valence-corrected chi connectivity index (χ4v) is 3.97. The van der Waals surface area contributed by atoms with Gasteiger partial charge in [-0.25, -0.2) is 8.42 Å². The van der Waals surface area contributed by atoms with E-state index in [2.05, 4.69) is 0 Å². The van der Waals surface area contributed by atoms with Gasteiger partial charge >= 0.3 is 0 Å². The first kappa shape index (κ1) is 16.3. The summed E-state index contributed by atoms with van der Waals surface area (Å²) in [5.41, 5.74) is 0.456. The van der Waals surface area contributed by atoms with Gasteiger partial charge in [-0.3, -0.25) is 10.1 Å². The molecule has 0 aliphatic heterocycles. The number of rotatable bonds is 4. The number of nitro benzene ring substituents is 1. The van der Waals surface area contributed by atoms with Crippen LogP contribution in [0.1, 0.15) is 5.56 Å². The first-order valence-corrected chi connectivity index (χ1v) is 7.97. The van der Waals surface area contributed by atoms with Crippen LogP contribution in [0.25, 0.3) is 0 Å². The molecule has 116 valence electrons.